The number of benzene rings is 2. The van der Waals surface area contributed by atoms with Crippen LogP contribution in [-0.2, 0) is 9.53 Å². The van der Waals surface area contributed by atoms with Crippen molar-refractivity contribution in [1.29, 1.82) is 0 Å². The third kappa shape index (κ3) is 5.79. The molecule has 10 heteroatoms. The van der Waals surface area contributed by atoms with Crippen molar-refractivity contribution in [1.82, 2.24) is 4.57 Å². The van der Waals surface area contributed by atoms with E-state index in [0.29, 0.717) is 20.6 Å². The second-order valence-corrected chi connectivity index (χ2v) is 13.3. The SMILES string of the molecule is CCOC(=O)C1=C(c2ccccc2)N=c2s/c(=C\c3cc(I)cc(I)c3OC(C)C)c(=O)n2[C@H]1c1cccs1. The maximum absolute atomic E-state index is 14.1. The van der Waals surface area contributed by atoms with Crippen LogP contribution in [-0.4, -0.2) is 23.2 Å². The smallest absolute Gasteiger partial charge is 0.338 e. The van der Waals surface area contributed by atoms with Crippen molar-refractivity contribution in [2.24, 2.45) is 4.99 Å². The quantitative estimate of drug-likeness (QED) is 0.171. The van der Waals surface area contributed by atoms with Crippen LogP contribution in [0.1, 0.15) is 42.8 Å². The number of carbonyl (C=O) groups excluding carboxylic acids is 1. The molecule has 2 aromatic heterocycles. The van der Waals surface area contributed by atoms with E-state index >= 15 is 0 Å². The van der Waals surface area contributed by atoms with Crippen LogP contribution in [0.4, 0.5) is 0 Å². The Kier molecular flexibility index (Phi) is 8.74. The number of ether oxygens (including phenoxy) is 2. The van der Waals surface area contributed by atoms with E-state index in [1.165, 1.54) is 22.7 Å². The molecule has 0 spiro atoms. The largest absolute Gasteiger partial charge is 0.489 e. The fraction of sp³-hybridized carbons (Fsp3) is 0.207. The summed E-state index contributed by atoms with van der Waals surface area (Å²) in [5.74, 6) is 0.261. The second-order valence-electron chi connectivity index (χ2n) is 8.92. The van der Waals surface area contributed by atoms with Gasteiger partial charge in [0, 0.05) is 19.6 Å². The topological polar surface area (TPSA) is 69.9 Å². The highest BCUT2D eigenvalue weighted by molar-refractivity contribution is 14.1. The van der Waals surface area contributed by atoms with E-state index < -0.39 is 12.0 Å². The highest BCUT2D eigenvalue weighted by Crippen LogP contribution is 2.37. The Balaban J connectivity index is 1.81. The molecule has 2 aromatic carbocycles. The summed E-state index contributed by atoms with van der Waals surface area (Å²) in [6, 6.07) is 16.8. The molecular formula is C29H24I2N2O4S2. The first kappa shape index (κ1) is 28.2. The van der Waals surface area contributed by atoms with Gasteiger partial charge in [0.2, 0.25) is 0 Å². The monoisotopic (exact) mass is 782 g/mol. The predicted molar refractivity (Wildman–Crippen MR) is 173 cm³/mol. The molecule has 3 heterocycles. The Labute approximate surface area is 261 Å². The van der Waals surface area contributed by atoms with E-state index in [9.17, 15) is 9.59 Å². The maximum Gasteiger partial charge on any atom is 0.338 e. The zero-order valence-corrected chi connectivity index (χ0v) is 27.3. The molecule has 0 unspecified atom stereocenters. The summed E-state index contributed by atoms with van der Waals surface area (Å²) >= 11 is 7.34. The minimum atomic E-state index is -0.653. The van der Waals surface area contributed by atoms with E-state index in [1.807, 2.05) is 79.9 Å². The van der Waals surface area contributed by atoms with Crippen LogP contribution < -0.4 is 19.6 Å². The van der Waals surface area contributed by atoms with Crippen LogP contribution in [0, 0.1) is 7.14 Å². The van der Waals surface area contributed by atoms with Crippen molar-refractivity contribution in [2.45, 2.75) is 32.9 Å². The van der Waals surface area contributed by atoms with Gasteiger partial charge >= 0.3 is 5.97 Å². The average Bonchev–Trinajstić information content (AvgIpc) is 3.54. The first-order valence-corrected chi connectivity index (χ1v) is 16.1. The second kappa shape index (κ2) is 12.1. The van der Waals surface area contributed by atoms with Gasteiger partial charge in [-0.3, -0.25) is 9.36 Å². The lowest BCUT2D eigenvalue weighted by Gasteiger charge is -2.24. The molecule has 200 valence electrons. The Bertz CT molecular complexity index is 1740. The number of fused-ring (bicyclic) bond motifs is 1. The van der Waals surface area contributed by atoms with Crippen molar-refractivity contribution in [3.8, 4) is 5.75 Å². The molecule has 0 fully saturated rings. The third-order valence-corrected chi connectivity index (χ3v) is 9.20. The Morgan fingerprint density at radius 1 is 1.15 bits per heavy atom. The lowest BCUT2D eigenvalue weighted by atomic mass is 9.97. The van der Waals surface area contributed by atoms with Gasteiger partial charge in [0.25, 0.3) is 5.56 Å². The number of thiophene rings is 1. The molecule has 1 aliphatic heterocycles. The van der Waals surface area contributed by atoms with Crippen LogP contribution in [0.5, 0.6) is 5.75 Å². The number of hydrogen-bond acceptors (Lipinski definition) is 7. The minimum absolute atomic E-state index is 0.0219. The summed E-state index contributed by atoms with van der Waals surface area (Å²) in [6.45, 7) is 5.95. The lowest BCUT2D eigenvalue weighted by molar-refractivity contribution is -0.138. The molecule has 0 saturated heterocycles. The van der Waals surface area contributed by atoms with Crippen LogP contribution >= 0.6 is 67.9 Å². The van der Waals surface area contributed by atoms with Gasteiger partial charge in [0.1, 0.15) is 11.8 Å². The molecule has 39 heavy (non-hydrogen) atoms. The van der Waals surface area contributed by atoms with Gasteiger partial charge in [-0.25, -0.2) is 9.79 Å². The molecule has 5 rings (SSSR count). The number of halogens is 2. The van der Waals surface area contributed by atoms with Gasteiger partial charge in [0.05, 0.1) is 32.1 Å². The molecule has 0 saturated carbocycles. The van der Waals surface area contributed by atoms with E-state index in [-0.39, 0.29) is 18.3 Å². The number of esters is 1. The van der Waals surface area contributed by atoms with Gasteiger partial charge in [-0.05, 0) is 95.6 Å². The zero-order chi connectivity index (χ0) is 27.7. The van der Waals surface area contributed by atoms with Crippen LogP contribution in [0.3, 0.4) is 0 Å². The Morgan fingerprint density at radius 2 is 1.92 bits per heavy atom. The molecule has 1 atom stereocenters. The fourth-order valence-electron chi connectivity index (χ4n) is 4.35. The minimum Gasteiger partial charge on any atom is -0.489 e. The van der Waals surface area contributed by atoms with Crippen molar-refractivity contribution in [3.63, 3.8) is 0 Å². The summed E-state index contributed by atoms with van der Waals surface area (Å²) in [6.07, 6.45) is 1.85. The number of carbonyl (C=O) groups is 1. The van der Waals surface area contributed by atoms with Gasteiger partial charge in [-0.2, -0.15) is 0 Å². The molecule has 4 aromatic rings. The summed E-state index contributed by atoms with van der Waals surface area (Å²) in [7, 11) is 0. The van der Waals surface area contributed by atoms with Crippen LogP contribution in [0.15, 0.2) is 75.3 Å². The van der Waals surface area contributed by atoms with Gasteiger partial charge in [0.15, 0.2) is 4.80 Å². The maximum atomic E-state index is 14.1. The summed E-state index contributed by atoms with van der Waals surface area (Å²) in [4.78, 5) is 33.8. The van der Waals surface area contributed by atoms with Gasteiger partial charge in [-0.1, -0.05) is 47.7 Å². The summed E-state index contributed by atoms with van der Waals surface area (Å²) in [5, 5.41) is 1.94. The lowest BCUT2D eigenvalue weighted by Crippen LogP contribution is -2.39. The summed E-state index contributed by atoms with van der Waals surface area (Å²) < 4.78 is 15.8. The fourth-order valence-corrected chi connectivity index (χ4v) is 8.18. The van der Waals surface area contributed by atoms with Crippen molar-refractivity contribution in [3.05, 3.63) is 108 Å². The number of aromatic nitrogens is 1. The molecule has 0 aliphatic carbocycles. The zero-order valence-electron chi connectivity index (χ0n) is 21.3. The summed E-state index contributed by atoms with van der Waals surface area (Å²) in [5.41, 5.74) is 2.28. The van der Waals surface area contributed by atoms with Gasteiger partial charge < -0.3 is 9.47 Å². The van der Waals surface area contributed by atoms with E-state index in [4.69, 9.17) is 14.5 Å². The molecular weight excluding hydrogens is 758 g/mol. The molecule has 0 radical (unpaired) electrons. The highest BCUT2D eigenvalue weighted by atomic mass is 127. The molecule has 1 aliphatic rings. The Morgan fingerprint density at radius 3 is 2.59 bits per heavy atom. The number of rotatable bonds is 7. The van der Waals surface area contributed by atoms with Crippen LogP contribution in [0.25, 0.3) is 11.8 Å². The predicted octanol–water partition coefficient (Wildman–Crippen LogP) is 5.99. The van der Waals surface area contributed by atoms with Crippen LogP contribution in [0.2, 0.25) is 0 Å². The highest BCUT2D eigenvalue weighted by Gasteiger charge is 2.35. The van der Waals surface area contributed by atoms with Crippen molar-refractivity contribution < 1.29 is 14.3 Å². The van der Waals surface area contributed by atoms with E-state index in [1.54, 1.807) is 11.5 Å². The number of hydrogen-bond donors (Lipinski definition) is 0. The van der Waals surface area contributed by atoms with Gasteiger partial charge in [-0.15, -0.1) is 11.3 Å². The molecule has 0 bridgehead atoms. The standard InChI is InChI=1S/C29H24I2N2O4S2/c1-4-36-28(35)23-24(17-9-6-5-7-10-17)32-29-33(25(23)21-11-8-12-38-21)27(34)22(39-29)14-18-13-19(30)15-20(31)26(18)37-16(2)3/h5-16,25H,4H2,1-3H3/b22-14-/t25-/m0/s1. The average molecular weight is 782 g/mol. The third-order valence-electron chi connectivity index (χ3n) is 5.86. The van der Waals surface area contributed by atoms with Crippen molar-refractivity contribution >= 4 is 85.6 Å². The van der Waals surface area contributed by atoms with Crippen molar-refractivity contribution in [2.75, 3.05) is 6.61 Å². The van der Waals surface area contributed by atoms with E-state index in [0.717, 1.165) is 28.9 Å². The number of nitrogens with zero attached hydrogens (tertiary/aromatic N) is 2. The normalized spacial score (nSPS) is 15.3. The Hall–Kier alpha value is -2.29. The number of thiazole rings is 1. The first-order chi connectivity index (χ1) is 18.8. The molecule has 0 amide bonds. The van der Waals surface area contributed by atoms with E-state index in [2.05, 4.69) is 45.2 Å². The molecule has 0 N–H and O–H groups in total. The molecule has 6 nitrogen and oxygen atoms in total. The first-order valence-electron chi connectivity index (χ1n) is 12.3.